The van der Waals surface area contributed by atoms with Gasteiger partial charge in [-0.3, -0.25) is 9.59 Å². The van der Waals surface area contributed by atoms with Gasteiger partial charge in [0.2, 0.25) is 11.8 Å². The second-order valence-electron chi connectivity index (χ2n) is 6.22. The first-order valence-electron chi connectivity index (χ1n) is 7.09. The van der Waals surface area contributed by atoms with E-state index in [0.717, 1.165) is 0 Å². The molecule has 1 fully saturated rings. The smallest absolute Gasteiger partial charge is 0.329 e. The number of ether oxygens (including phenoxy) is 1. The molecule has 1 rings (SSSR count). The van der Waals surface area contributed by atoms with Crippen LogP contribution in [0.25, 0.3) is 0 Å². The van der Waals surface area contributed by atoms with Gasteiger partial charge in [-0.25, -0.2) is 4.79 Å². The SMILES string of the molecule is CC(C)(C)C(=O)NCC(=O)N1CCC(OCC(=O)O)CC1. The number of piperidine rings is 1. The van der Waals surface area contributed by atoms with Crippen LogP contribution in [0.5, 0.6) is 0 Å². The molecule has 7 heteroatoms. The van der Waals surface area contributed by atoms with Crippen molar-refractivity contribution in [3.63, 3.8) is 0 Å². The van der Waals surface area contributed by atoms with Crippen LogP contribution >= 0.6 is 0 Å². The van der Waals surface area contributed by atoms with Crippen molar-refractivity contribution >= 4 is 17.8 Å². The number of likely N-dealkylation sites (tertiary alicyclic amines) is 1. The van der Waals surface area contributed by atoms with Gasteiger partial charge in [0, 0.05) is 18.5 Å². The standard InChI is InChI=1S/C14H24N2O5/c1-14(2,3)13(20)15-8-11(17)16-6-4-10(5-7-16)21-9-12(18)19/h10H,4-9H2,1-3H3,(H,15,20)(H,18,19). The molecule has 1 heterocycles. The number of nitrogens with one attached hydrogen (secondary N) is 1. The minimum atomic E-state index is -0.988. The van der Waals surface area contributed by atoms with Gasteiger partial charge >= 0.3 is 5.97 Å². The molecule has 0 radical (unpaired) electrons. The summed E-state index contributed by atoms with van der Waals surface area (Å²) in [7, 11) is 0. The fraction of sp³-hybridized carbons (Fsp3) is 0.786. The zero-order valence-corrected chi connectivity index (χ0v) is 12.8. The number of carboxylic acid groups (broad SMARTS) is 1. The minimum Gasteiger partial charge on any atom is -0.480 e. The number of carbonyl (C=O) groups is 3. The Hall–Kier alpha value is -1.63. The average Bonchev–Trinajstić information content (AvgIpc) is 2.41. The number of hydrogen-bond donors (Lipinski definition) is 2. The molecule has 0 saturated carbocycles. The lowest BCUT2D eigenvalue weighted by Gasteiger charge is -2.32. The van der Waals surface area contributed by atoms with Gasteiger partial charge in [-0.1, -0.05) is 20.8 Å². The number of carboxylic acids is 1. The fourth-order valence-electron chi connectivity index (χ4n) is 1.99. The quantitative estimate of drug-likeness (QED) is 0.758. The molecule has 0 aromatic heterocycles. The number of rotatable bonds is 5. The highest BCUT2D eigenvalue weighted by molar-refractivity contribution is 5.87. The van der Waals surface area contributed by atoms with Crippen molar-refractivity contribution < 1.29 is 24.2 Å². The van der Waals surface area contributed by atoms with Crippen molar-refractivity contribution in [3.05, 3.63) is 0 Å². The first-order valence-corrected chi connectivity index (χ1v) is 7.09. The molecule has 21 heavy (non-hydrogen) atoms. The van der Waals surface area contributed by atoms with E-state index in [9.17, 15) is 14.4 Å². The van der Waals surface area contributed by atoms with E-state index in [0.29, 0.717) is 25.9 Å². The maximum absolute atomic E-state index is 12.0. The summed E-state index contributed by atoms with van der Waals surface area (Å²) in [5.74, 6) is -1.27. The van der Waals surface area contributed by atoms with Crippen molar-refractivity contribution in [2.75, 3.05) is 26.2 Å². The van der Waals surface area contributed by atoms with Gasteiger partial charge in [0.05, 0.1) is 12.6 Å². The van der Waals surface area contributed by atoms with Gasteiger partial charge in [0.25, 0.3) is 0 Å². The molecule has 7 nitrogen and oxygen atoms in total. The molecule has 1 saturated heterocycles. The summed E-state index contributed by atoms with van der Waals surface area (Å²) in [5, 5.41) is 11.2. The second kappa shape index (κ2) is 7.40. The summed E-state index contributed by atoms with van der Waals surface area (Å²) in [4.78, 5) is 35.8. The maximum Gasteiger partial charge on any atom is 0.329 e. The molecule has 2 amide bonds. The van der Waals surface area contributed by atoms with Crippen molar-refractivity contribution in [2.24, 2.45) is 5.41 Å². The van der Waals surface area contributed by atoms with Gasteiger partial charge in [0.1, 0.15) is 6.61 Å². The van der Waals surface area contributed by atoms with Gasteiger partial charge in [0.15, 0.2) is 0 Å². The highest BCUT2D eigenvalue weighted by Crippen LogP contribution is 2.14. The van der Waals surface area contributed by atoms with E-state index in [1.165, 1.54) is 0 Å². The monoisotopic (exact) mass is 300 g/mol. The molecule has 120 valence electrons. The van der Waals surface area contributed by atoms with E-state index in [1.807, 2.05) is 0 Å². The summed E-state index contributed by atoms with van der Waals surface area (Å²) >= 11 is 0. The summed E-state index contributed by atoms with van der Waals surface area (Å²) in [6, 6.07) is 0. The van der Waals surface area contributed by atoms with Crippen molar-refractivity contribution in [2.45, 2.75) is 39.7 Å². The predicted octanol–water partition coefficient (Wildman–Crippen LogP) is 0.241. The van der Waals surface area contributed by atoms with E-state index in [-0.39, 0.29) is 31.1 Å². The van der Waals surface area contributed by atoms with Crippen LogP contribution in [0.2, 0.25) is 0 Å². The van der Waals surface area contributed by atoms with Gasteiger partial charge in [-0.15, -0.1) is 0 Å². The lowest BCUT2D eigenvalue weighted by Crippen LogP contribution is -2.47. The number of amides is 2. The van der Waals surface area contributed by atoms with E-state index in [1.54, 1.807) is 25.7 Å². The summed E-state index contributed by atoms with van der Waals surface area (Å²) in [6.45, 7) is 6.11. The third-order valence-electron chi connectivity index (χ3n) is 3.32. The highest BCUT2D eigenvalue weighted by atomic mass is 16.5. The van der Waals surface area contributed by atoms with Crippen molar-refractivity contribution in [1.29, 1.82) is 0 Å². The number of hydrogen-bond acceptors (Lipinski definition) is 4. The Labute approximate surface area is 124 Å². The molecular weight excluding hydrogens is 276 g/mol. The molecule has 0 bridgehead atoms. The first-order chi connectivity index (χ1) is 9.70. The maximum atomic E-state index is 12.0. The normalized spacial score (nSPS) is 16.6. The summed E-state index contributed by atoms with van der Waals surface area (Å²) in [5.41, 5.74) is -0.516. The van der Waals surface area contributed by atoms with Crippen molar-refractivity contribution in [3.8, 4) is 0 Å². The molecule has 0 aromatic rings. The third-order valence-corrected chi connectivity index (χ3v) is 3.32. The third kappa shape index (κ3) is 6.12. The summed E-state index contributed by atoms with van der Waals surface area (Å²) in [6.07, 6.45) is 1.12. The van der Waals surface area contributed by atoms with Gasteiger partial charge < -0.3 is 20.1 Å². The van der Waals surface area contributed by atoms with Crippen LogP contribution < -0.4 is 5.32 Å². The van der Waals surface area contributed by atoms with Crippen LogP contribution in [-0.2, 0) is 19.1 Å². The minimum absolute atomic E-state index is 0.00322. The van der Waals surface area contributed by atoms with Gasteiger partial charge in [-0.05, 0) is 12.8 Å². The number of nitrogens with zero attached hydrogens (tertiary/aromatic N) is 1. The lowest BCUT2D eigenvalue weighted by atomic mass is 9.96. The van der Waals surface area contributed by atoms with Crippen LogP contribution in [0.4, 0.5) is 0 Å². The molecule has 2 N–H and O–H groups in total. The predicted molar refractivity (Wildman–Crippen MR) is 75.7 cm³/mol. The Bertz CT molecular complexity index is 395. The van der Waals surface area contributed by atoms with E-state index >= 15 is 0 Å². The van der Waals surface area contributed by atoms with E-state index < -0.39 is 11.4 Å². The summed E-state index contributed by atoms with van der Waals surface area (Å²) < 4.78 is 5.21. The zero-order chi connectivity index (χ0) is 16.0. The molecule has 1 aliphatic rings. The molecule has 0 spiro atoms. The zero-order valence-electron chi connectivity index (χ0n) is 12.8. The lowest BCUT2D eigenvalue weighted by molar-refractivity contribution is -0.146. The Balaban J connectivity index is 2.29. The van der Waals surface area contributed by atoms with Crippen molar-refractivity contribution in [1.82, 2.24) is 10.2 Å². The molecule has 0 aromatic carbocycles. The molecule has 1 aliphatic heterocycles. The van der Waals surface area contributed by atoms with E-state index in [4.69, 9.17) is 9.84 Å². The Morgan fingerprint density at radius 1 is 1.24 bits per heavy atom. The first kappa shape index (κ1) is 17.4. The Morgan fingerprint density at radius 3 is 2.29 bits per heavy atom. The number of carbonyl (C=O) groups excluding carboxylic acids is 2. The van der Waals surface area contributed by atoms with Crippen LogP contribution in [0.15, 0.2) is 0 Å². The molecule has 0 unspecified atom stereocenters. The topological polar surface area (TPSA) is 95.9 Å². The Morgan fingerprint density at radius 2 is 1.81 bits per heavy atom. The van der Waals surface area contributed by atoms with Gasteiger partial charge in [-0.2, -0.15) is 0 Å². The fourth-order valence-corrected chi connectivity index (χ4v) is 1.99. The highest BCUT2D eigenvalue weighted by Gasteiger charge is 2.25. The van der Waals surface area contributed by atoms with Crippen LogP contribution in [0.3, 0.4) is 0 Å². The molecular formula is C14H24N2O5. The molecule has 0 atom stereocenters. The Kier molecular flexibility index (Phi) is 6.14. The second-order valence-corrected chi connectivity index (χ2v) is 6.22. The van der Waals surface area contributed by atoms with Crippen LogP contribution in [0, 0.1) is 5.41 Å². The van der Waals surface area contributed by atoms with Crippen LogP contribution in [0.1, 0.15) is 33.6 Å². The average molecular weight is 300 g/mol. The van der Waals surface area contributed by atoms with E-state index in [2.05, 4.69) is 5.32 Å². The molecule has 0 aliphatic carbocycles. The largest absolute Gasteiger partial charge is 0.480 e. The van der Waals surface area contributed by atoms with Crippen LogP contribution in [-0.4, -0.2) is 60.1 Å². The number of aliphatic carboxylic acids is 1.